The van der Waals surface area contributed by atoms with E-state index in [-0.39, 0.29) is 23.1 Å². The SMILES string of the molecule is O=C(c1ncccn1)N1CCc2cc(=O)n(-c3ccc(F)cc3)cc2C1. The van der Waals surface area contributed by atoms with Crippen molar-refractivity contribution in [2.75, 3.05) is 6.54 Å². The van der Waals surface area contributed by atoms with Crippen molar-refractivity contribution in [2.45, 2.75) is 13.0 Å². The minimum Gasteiger partial charge on any atom is -0.331 e. The quantitative estimate of drug-likeness (QED) is 0.709. The Bertz CT molecular complexity index is 1020. The first-order valence-electron chi connectivity index (χ1n) is 8.18. The molecule has 0 spiro atoms. The number of benzene rings is 1. The lowest BCUT2D eigenvalue weighted by atomic mass is 10.0. The summed E-state index contributed by atoms with van der Waals surface area (Å²) >= 11 is 0. The van der Waals surface area contributed by atoms with E-state index in [1.54, 1.807) is 35.4 Å². The normalized spacial score (nSPS) is 13.3. The summed E-state index contributed by atoms with van der Waals surface area (Å²) in [5.74, 6) is -0.446. The molecule has 3 aromatic rings. The van der Waals surface area contributed by atoms with Crippen molar-refractivity contribution in [3.05, 3.63) is 88.1 Å². The summed E-state index contributed by atoms with van der Waals surface area (Å²) in [6.07, 6.45) is 5.37. The Hall–Kier alpha value is -3.35. The lowest BCUT2D eigenvalue weighted by molar-refractivity contribution is 0.0721. The van der Waals surface area contributed by atoms with Gasteiger partial charge in [-0.05, 0) is 47.9 Å². The molecule has 4 rings (SSSR count). The zero-order chi connectivity index (χ0) is 18.1. The van der Waals surface area contributed by atoms with Crippen LogP contribution in [0.4, 0.5) is 4.39 Å². The number of carbonyl (C=O) groups excluding carboxylic acids is 1. The number of hydrogen-bond donors (Lipinski definition) is 0. The standard InChI is InChI=1S/C19H15FN4O2/c20-15-2-4-16(5-3-15)24-12-14-11-23(9-6-13(14)10-17(24)25)19(26)18-21-7-1-8-22-18/h1-5,7-8,10,12H,6,9,11H2. The molecule has 0 N–H and O–H groups in total. The van der Waals surface area contributed by atoms with E-state index in [1.807, 2.05) is 0 Å². The first kappa shape index (κ1) is 16.1. The molecule has 0 saturated carbocycles. The molecule has 0 atom stereocenters. The molecule has 0 unspecified atom stereocenters. The zero-order valence-corrected chi connectivity index (χ0v) is 13.8. The van der Waals surface area contributed by atoms with Gasteiger partial charge in [0.1, 0.15) is 5.82 Å². The molecule has 0 aliphatic carbocycles. The summed E-state index contributed by atoms with van der Waals surface area (Å²) in [7, 11) is 0. The van der Waals surface area contributed by atoms with E-state index in [1.165, 1.54) is 29.1 Å². The van der Waals surface area contributed by atoms with Gasteiger partial charge in [-0.1, -0.05) is 0 Å². The number of halogens is 1. The van der Waals surface area contributed by atoms with Gasteiger partial charge in [-0.25, -0.2) is 14.4 Å². The lowest BCUT2D eigenvalue weighted by Crippen LogP contribution is -2.38. The number of aromatic nitrogens is 3. The van der Waals surface area contributed by atoms with E-state index in [4.69, 9.17) is 0 Å². The molecule has 6 nitrogen and oxygen atoms in total. The van der Waals surface area contributed by atoms with Gasteiger partial charge in [0.15, 0.2) is 0 Å². The Morgan fingerprint density at radius 2 is 1.81 bits per heavy atom. The van der Waals surface area contributed by atoms with Crippen molar-refractivity contribution in [3.8, 4) is 5.69 Å². The average molecular weight is 350 g/mol. The summed E-state index contributed by atoms with van der Waals surface area (Å²) in [4.78, 5) is 34.6. The summed E-state index contributed by atoms with van der Waals surface area (Å²) in [5.41, 5.74) is 2.20. The van der Waals surface area contributed by atoms with Crippen molar-refractivity contribution < 1.29 is 9.18 Å². The number of amides is 1. The van der Waals surface area contributed by atoms with Crippen LogP contribution in [0.25, 0.3) is 5.69 Å². The Kier molecular flexibility index (Phi) is 4.04. The van der Waals surface area contributed by atoms with Crippen molar-refractivity contribution in [1.29, 1.82) is 0 Å². The van der Waals surface area contributed by atoms with Crippen LogP contribution in [-0.2, 0) is 13.0 Å². The first-order chi connectivity index (χ1) is 12.6. The monoisotopic (exact) mass is 350 g/mol. The maximum atomic E-state index is 13.1. The molecular weight excluding hydrogens is 335 g/mol. The van der Waals surface area contributed by atoms with Crippen LogP contribution in [0, 0.1) is 5.82 Å². The van der Waals surface area contributed by atoms with Crippen molar-refractivity contribution in [3.63, 3.8) is 0 Å². The van der Waals surface area contributed by atoms with E-state index in [9.17, 15) is 14.0 Å². The molecule has 1 aromatic carbocycles. The van der Waals surface area contributed by atoms with Gasteiger partial charge < -0.3 is 4.90 Å². The second-order valence-corrected chi connectivity index (χ2v) is 6.06. The van der Waals surface area contributed by atoms with Crippen LogP contribution in [0.3, 0.4) is 0 Å². The third kappa shape index (κ3) is 2.99. The van der Waals surface area contributed by atoms with Crippen LogP contribution in [-0.4, -0.2) is 31.9 Å². The van der Waals surface area contributed by atoms with Gasteiger partial charge >= 0.3 is 0 Å². The van der Waals surface area contributed by atoms with Gasteiger partial charge in [-0.2, -0.15) is 0 Å². The smallest absolute Gasteiger partial charge is 0.291 e. The van der Waals surface area contributed by atoms with Crippen LogP contribution in [0.1, 0.15) is 21.7 Å². The van der Waals surface area contributed by atoms with E-state index in [0.29, 0.717) is 25.2 Å². The van der Waals surface area contributed by atoms with Crippen LogP contribution in [0.15, 0.2) is 59.8 Å². The number of carbonyl (C=O) groups is 1. The van der Waals surface area contributed by atoms with Crippen LogP contribution in [0.2, 0.25) is 0 Å². The fourth-order valence-electron chi connectivity index (χ4n) is 3.06. The molecule has 0 bridgehead atoms. The number of pyridine rings is 1. The second-order valence-electron chi connectivity index (χ2n) is 6.06. The summed E-state index contributed by atoms with van der Waals surface area (Å²) in [6.45, 7) is 0.873. The predicted molar refractivity (Wildman–Crippen MR) is 92.5 cm³/mol. The molecule has 0 fully saturated rings. The predicted octanol–water partition coefficient (Wildman–Crippen LogP) is 1.97. The van der Waals surface area contributed by atoms with Gasteiger partial charge in [-0.3, -0.25) is 14.2 Å². The molecule has 1 aliphatic heterocycles. The number of nitrogens with zero attached hydrogens (tertiary/aromatic N) is 4. The van der Waals surface area contributed by atoms with Crippen LogP contribution >= 0.6 is 0 Å². The fourth-order valence-corrected chi connectivity index (χ4v) is 3.06. The van der Waals surface area contributed by atoms with E-state index >= 15 is 0 Å². The molecule has 1 aliphatic rings. The Balaban J connectivity index is 1.66. The molecule has 2 aromatic heterocycles. The topological polar surface area (TPSA) is 68.1 Å². The minimum absolute atomic E-state index is 0.155. The van der Waals surface area contributed by atoms with Crippen LogP contribution < -0.4 is 5.56 Å². The van der Waals surface area contributed by atoms with E-state index in [2.05, 4.69) is 9.97 Å². The Morgan fingerprint density at radius 3 is 2.54 bits per heavy atom. The molecule has 1 amide bonds. The number of hydrogen-bond acceptors (Lipinski definition) is 4. The highest BCUT2D eigenvalue weighted by atomic mass is 19.1. The maximum Gasteiger partial charge on any atom is 0.291 e. The molecule has 3 heterocycles. The summed E-state index contributed by atoms with van der Waals surface area (Å²) < 4.78 is 14.6. The lowest BCUT2D eigenvalue weighted by Gasteiger charge is -2.28. The highest BCUT2D eigenvalue weighted by molar-refractivity contribution is 5.90. The van der Waals surface area contributed by atoms with Gasteiger partial charge in [0.2, 0.25) is 5.82 Å². The zero-order valence-electron chi connectivity index (χ0n) is 13.8. The summed E-state index contributed by atoms with van der Waals surface area (Å²) in [6, 6.07) is 8.95. The second kappa shape index (κ2) is 6.51. The van der Waals surface area contributed by atoms with Crippen molar-refractivity contribution in [1.82, 2.24) is 19.4 Å². The van der Waals surface area contributed by atoms with Crippen molar-refractivity contribution >= 4 is 5.91 Å². The highest BCUT2D eigenvalue weighted by Gasteiger charge is 2.24. The van der Waals surface area contributed by atoms with Crippen molar-refractivity contribution in [2.24, 2.45) is 0 Å². The minimum atomic E-state index is -0.362. The Morgan fingerprint density at radius 1 is 1.08 bits per heavy atom. The third-order valence-corrected chi connectivity index (χ3v) is 4.39. The number of fused-ring (bicyclic) bond motifs is 1. The van der Waals surface area contributed by atoms with Gasteiger partial charge in [0, 0.05) is 43.4 Å². The maximum absolute atomic E-state index is 13.1. The van der Waals surface area contributed by atoms with Crippen LogP contribution in [0.5, 0.6) is 0 Å². The van der Waals surface area contributed by atoms with Gasteiger partial charge in [-0.15, -0.1) is 0 Å². The number of rotatable bonds is 2. The molecule has 130 valence electrons. The fraction of sp³-hybridized carbons (Fsp3) is 0.158. The molecule has 7 heteroatoms. The third-order valence-electron chi connectivity index (χ3n) is 4.39. The molecule has 0 radical (unpaired) electrons. The van der Waals surface area contributed by atoms with Gasteiger partial charge in [0.05, 0.1) is 0 Å². The largest absolute Gasteiger partial charge is 0.331 e. The molecule has 0 saturated heterocycles. The van der Waals surface area contributed by atoms with E-state index < -0.39 is 0 Å². The molecule has 26 heavy (non-hydrogen) atoms. The highest BCUT2D eigenvalue weighted by Crippen LogP contribution is 2.20. The summed E-state index contributed by atoms with van der Waals surface area (Å²) in [5, 5.41) is 0. The van der Waals surface area contributed by atoms with Gasteiger partial charge in [0.25, 0.3) is 11.5 Å². The first-order valence-corrected chi connectivity index (χ1v) is 8.18. The van der Waals surface area contributed by atoms with E-state index in [0.717, 1.165) is 11.1 Å². The Labute approximate surface area is 148 Å². The average Bonchev–Trinajstić information content (AvgIpc) is 2.68. The molecular formula is C19H15FN4O2.